The molecule has 1 aromatic heterocycles. The number of carbonyl (C=O) groups is 3. The number of fused-ring (bicyclic) bond motifs is 1. The van der Waals surface area contributed by atoms with E-state index in [0.29, 0.717) is 45.1 Å². The number of hydrogen-bond donors (Lipinski definition) is 3. The number of methoxy groups -OCH3 is 3. The fourth-order valence-electron chi connectivity index (χ4n) is 4.34. The van der Waals surface area contributed by atoms with Crippen molar-refractivity contribution in [3.63, 3.8) is 0 Å². The predicted molar refractivity (Wildman–Crippen MR) is 143 cm³/mol. The maximum Gasteiger partial charge on any atom is 0.339 e. The zero-order chi connectivity index (χ0) is 28.7. The van der Waals surface area contributed by atoms with Crippen LogP contribution < -0.4 is 30.5 Å². The van der Waals surface area contributed by atoms with Gasteiger partial charge in [-0.2, -0.15) is 0 Å². The van der Waals surface area contributed by atoms with Crippen LogP contribution >= 0.6 is 0 Å². The first-order valence-corrected chi connectivity index (χ1v) is 12.2. The van der Waals surface area contributed by atoms with Gasteiger partial charge in [0.1, 0.15) is 17.9 Å². The first kappa shape index (κ1) is 29.0. The van der Waals surface area contributed by atoms with Crippen molar-refractivity contribution in [1.29, 1.82) is 0 Å². The summed E-state index contributed by atoms with van der Waals surface area (Å²) in [5.41, 5.74) is 2.25. The molecule has 0 saturated heterocycles. The Kier molecular flexibility index (Phi) is 9.53. The molecule has 0 saturated carbocycles. The summed E-state index contributed by atoms with van der Waals surface area (Å²) in [6.45, 7) is 3.06. The van der Waals surface area contributed by atoms with Gasteiger partial charge >= 0.3 is 11.6 Å². The molecule has 0 radical (unpaired) electrons. The Morgan fingerprint density at radius 3 is 2.23 bits per heavy atom. The third-order valence-electron chi connectivity index (χ3n) is 6.45. The van der Waals surface area contributed by atoms with Crippen LogP contribution in [0, 0.1) is 13.8 Å². The molecule has 39 heavy (non-hydrogen) atoms. The van der Waals surface area contributed by atoms with Crippen LogP contribution in [0.25, 0.3) is 11.0 Å². The molecule has 0 unspecified atom stereocenters. The number of amides is 2. The fraction of sp³-hybridized carbons (Fsp3) is 0.357. The highest BCUT2D eigenvalue weighted by atomic mass is 16.5. The van der Waals surface area contributed by atoms with Gasteiger partial charge in [0, 0.05) is 22.9 Å². The Bertz CT molecular complexity index is 1450. The van der Waals surface area contributed by atoms with Gasteiger partial charge in [-0.25, -0.2) is 4.79 Å². The molecule has 0 spiro atoms. The lowest BCUT2D eigenvalue weighted by Gasteiger charge is -2.20. The van der Waals surface area contributed by atoms with E-state index in [9.17, 15) is 19.2 Å². The Morgan fingerprint density at radius 2 is 1.59 bits per heavy atom. The van der Waals surface area contributed by atoms with Crippen LogP contribution in [0.4, 0.5) is 0 Å². The molecule has 1 atom stereocenters. The van der Waals surface area contributed by atoms with Crippen molar-refractivity contribution in [2.75, 3.05) is 27.9 Å². The number of carbonyl (C=O) groups excluding carboxylic acids is 2. The molecule has 0 aliphatic heterocycles. The topological polar surface area (TPSA) is 153 Å². The first-order chi connectivity index (χ1) is 18.6. The van der Waals surface area contributed by atoms with E-state index in [-0.39, 0.29) is 19.3 Å². The molecule has 2 amide bonds. The van der Waals surface area contributed by atoms with Gasteiger partial charge in [0.05, 0.1) is 33.8 Å². The standard InChI is InChI=1S/C28H32N2O9/c1-15-18-7-10-21(36-3)16(2)27(18)39-28(35)19(15)8-11-24(31)30-20(13-25(32)29-14-26(33)34)17-6-9-22(37-4)23(12-17)38-5/h6-7,9-10,12,20H,8,11,13-14H2,1-5H3,(H,29,32)(H,30,31)(H,33,34)/t20-/m1/s1. The van der Waals surface area contributed by atoms with Crippen LogP contribution in [0.15, 0.2) is 39.5 Å². The molecule has 3 aromatic rings. The average Bonchev–Trinajstić information content (AvgIpc) is 2.91. The minimum atomic E-state index is -1.19. The molecule has 0 aliphatic carbocycles. The summed E-state index contributed by atoms with van der Waals surface area (Å²) in [5.74, 6) is -0.691. The summed E-state index contributed by atoms with van der Waals surface area (Å²) >= 11 is 0. The highest BCUT2D eigenvalue weighted by molar-refractivity contribution is 5.86. The van der Waals surface area contributed by atoms with Gasteiger partial charge in [-0.1, -0.05) is 6.07 Å². The minimum Gasteiger partial charge on any atom is -0.496 e. The molecule has 2 aromatic carbocycles. The van der Waals surface area contributed by atoms with Crippen LogP contribution in [0.5, 0.6) is 17.2 Å². The average molecular weight is 541 g/mol. The molecule has 0 bridgehead atoms. The van der Waals surface area contributed by atoms with Crippen molar-refractivity contribution < 1.29 is 38.1 Å². The molecule has 11 nitrogen and oxygen atoms in total. The van der Waals surface area contributed by atoms with E-state index in [1.54, 1.807) is 38.1 Å². The molecular weight excluding hydrogens is 508 g/mol. The summed E-state index contributed by atoms with van der Waals surface area (Å²) in [6, 6.07) is 7.76. The second-order valence-corrected chi connectivity index (χ2v) is 8.87. The summed E-state index contributed by atoms with van der Waals surface area (Å²) in [5, 5.41) is 14.7. The summed E-state index contributed by atoms with van der Waals surface area (Å²) in [6.07, 6.45) is -0.148. The van der Waals surface area contributed by atoms with E-state index in [2.05, 4.69) is 10.6 Å². The van der Waals surface area contributed by atoms with Gasteiger partial charge in [0.2, 0.25) is 11.8 Å². The van der Waals surface area contributed by atoms with Crippen LogP contribution in [-0.2, 0) is 20.8 Å². The third-order valence-corrected chi connectivity index (χ3v) is 6.45. The van der Waals surface area contributed by atoms with Crippen molar-refractivity contribution in [3.8, 4) is 17.2 Å². The van der Waals surface area contributed by atoms with Crippen molar-refractivity contribution in [2.45, 2.75) is 39.2 Å². The number of benzene rings is 2. The Hall–Kier alpha value is -4.54. The van der Waals surface area contributed by atoms with E-state index in [1.165, 1.54) is 21.3 Å². The highest BCUT2D eigenvalue weighted by Crippen LogP contribution is 2.32. The largest absolute Gasteiger partial charge is 0.496 e. The molecule has 1 heterocycles. The number of rotatable bonds is 12. The van der Waals surface area contributed by atoms with Crippen molar-refractivity contribution >= 4 is 28.8 Å². The van der Waals surface area contributed by atoms with Gasteiger partial charge in [-0.05, 0) is 55.7 Å². The van der Waals surface area contributed by atoms with Crippen LogP contribution in [0.3, 0.4) is 0 Å². The van der Waals surface area contributed by atoms with Gasteiger partial charge in [0.25, 0.3) is 0 Å². The summed E-state index contributed by atoms with van der Waals surface area (Å²) in [4.78, 5) is 49.1. The molecule has 3 rings (SSSR count). The maximum absolute atomic E-state index is 13.0. The van der Waals surface area contributed by atoms with Gasteiger partial charge < -0.3 is 34.4 Å². The van der Waals surface area contributed by atoms with Crippen molar-refractivity contribution in [3.05, 3.63) is 63.0 Å². The lowest BCUT2D eigenvalue weighted by molar-refractivity contribution is -0.138. The predicted octanol–water partition coefficient (Wildman–Crippen LogP) is 2.82. The van der Waals surface area contributed by atoms with Crippen LogP contribution in [-0.4, -0.2) is 50.8 Å². The molecule has 0 aliphatic rings. The molecule has 11 heteroatoms. The molecule has 3 N–H and O–H groups in total. The van der Waals surface area contributed by atoms with E-state index in [4.69, 9.17) is 23.7 Å². The number of carboxylic acid groups (broad SMARTS) is 1. The smallest absolute Gasteiger partial charge is 0.339 e. The Balaban J connectivity index is 1.82. The number of ether oxygens (including phenoxy) is 3. The number of hydrogen-bond acceptors (Lipinski definition) is 8. The number of nitrogens with one attached hydrogen (secondary N) is 2. The van der Waals surface area contributed by atoms with Gasteiger partial charge in [-0.3, -0.25) is 14.4 Å². The maximum atomic E-state index is 13.0. The summed E-state index contributed by atoms with van der Waals surface area (Å²) in [7, 11) is 4.49. The molecule has 0 fully saturated rings. The Morgan fingerprint density at radius 1 is 0.923 bits per heavy atom. The van der Waals surface area contributed by atoms with Crippen LogP contribution in [0.1, 0.15) is 41.1 Å². The first-order valence-electron chi connectivity index (χ1n) is 12.2. The number of aliphatic carboxylic acids is 1. The quantitative estimate of drug-likeness (QED) is 0.294. The van der Waals surface area contributed by atoms with E-state index in [0.717, 1.165) is 5.39 Å². The molecular formula is C28H32N2O9. The SMILES string of the molecule is COc1ccc([C@@H](CC(=O)NCC(=O)O)NC(=O)CCc2c(C)c3ccc(OC)c(C)c3oc2=O)cc1OC. The normalized spacial score (nSPS) is 11.5. The second kappa shape index (κ2) is 12.8. The van der Waals surface area contributed by atoms with E-state index >= 15 is 0 Å². The van der Waals surface area contributed by atoms with E-state index < -0.39 is 36.0 Å². The zero-order valence-electron chi connectivity index (χ0n) is 22.5. The number of aryl methyl sites for hydroxylation is 2. The lowest BCUT2D eigenvalue weighted by Crippen LogP contribution is -2.35. The zero-order valence-corrected chi connectivity index (χ0v) is 22.5. The fourth-order valence-corrected chi connectivity index (χ4v) is 4.34. The second-order valence-electron chi connectivity index (χ2n) is 8.87. The number of carboxylic acids is 1. The lowest BCUT2D eigenvalue weighted by atomic mass is 9.99. The van der Waals surface area contributed by atoms with Gasteiger partial charge in [0.15, 0.2) is 11.5 Å². The highest BCUT2D eigenvalue weighted by Gasteiger charge is 2.22. The summed E-state index contributed by atoms with van der Waals surface area (Å²) < 4.78 is 21.5. The minimum absolute atomic E-state index is 0.0488. The third kappa shape index (κ3) is 6.86. The monoisotopic (exact) mass is 540 g/mol. The molecule has 208 valence electrons. The van der Waals surface area contributed by atoms with Crippen LogP contribution in [0.2, 0.25) is 0 Å². The van der Waals surface area contributed by atoms with Crippen molar-refractivity contribution in [2.24, 2.45) is 0 Å². The van der Waals surface area contributed by atoms with E-state index in [1.807, 2.05) is 6.07 Å². The van der Waals surface area contributed by atoms with Crippen molar-refractivity contribution in [1.82, 2.24) is 10.6 Å². The Labute approximate surface area is 225 Å². The van der Waals surface area contributed by atoms with Gasteiger partial charge in [-0.15, -0.1) is 0 Å².